The van der Waals surface area contributed by atoms with E-state index in [-0.39, 0.29) is 12.1 Å². The molecule has 0 spiro atoms. The van der Waals surface area contributed by atoms with E-state index in [4.69, 9.17) is 0 Å². The summed E-state index contributed by atoms with van der Waals surface area (Å²) < 4.78 is 1.87. The quantitative estimate of drug-likeness (QED) is 0.811. The van der Waals surface area contributed by atoms with Gasteiger partial charge in [0.25, 0.3) is 0 Å². The van der Waals surface area contributed by atoms with Crippen molar-refractivity contribution in [1.29, 1.82) is 0 Å². The maximum Gasteiger partial charge on any atom is 0.315 e. The molecule has 0 bridgehead atoms. The fourth-order valence-corrected chi connectivity index (χ4v) is 2.60. The Morgan fingerprint density at radius 3 is 2.78 bits per heavy atom. The topological polar surface area (TPSA) is 74.6 Å². The molecular formula is C16H26N6O. The lowest BCUT2D eigenvalue weighted by molar-refractivity contribution is 0.228. The summed E-state index contributed by atoms with van der Waals surface area (Å²) in [5.74, 6) is 1.24. The minimum absolute atomic E-state index is 0.125. The van der Waals surface area contributed by atoms with E-state index in [1.54, 1.807) is 0 Å². The van der Waals surface area contributed by atoms with Gasteiger partial charge in [-0.3, -0.25) is 4.40 Å². The van der Waals surface area contributed by atoms with Crippen LogP contribution in [-0.2, 0) is 6.54 Å². The van der Waals surface area contributed by atoms with Crippen molar-refractivity contribution in [2.45, 2.75) is 32.9 Å². The molecule has 0 unspecified atom stereocenters. The van der Waals surface area contributed by atoms with E-state index < -0.39 is 0 Å². The summed E-state index contributed by atoms with van der Waals surface area (Å²) in [6, 6.07) is 5.65. The first-order valence-corrected chi connectivity index (χ1v) is 7.93. The monoisotopic (exact) mass is 318 g/mol. The maximum absolute atomic E-state index is 12.1. The first kappa shape index (κ1) is 17.2. The van der Waals surface area contributed by atoms with Gasteiger partial charge in [-0.1, -0.05) is 19.9 Å². The van der Waals surface area contributed by atoms with E-state index >= 15 is 0 Å². The number of nitrogens with one attached hydrogen (secondary N) is 2. The van der Waals surface area contributed by atoms with Crippen LogP contribution in [0.4, 0.5) is 4.79 Å². The van der Waals surface area contributed by atoms with Crippen LogP contribution in [0.1, 0.15) is 26.1 Å². The highest BCUT2D eigenvalue weighted by atomic mass is 16.2. The molecule has 0 fully saturated rings. The molecule has 0 saturated heterocycles. The van der Waals surface area contributed by atoms with E-state index in [9.17, 15) is 4.79 Å². The van der Waals surface area contributed by atoms with Gasteiger partial charge in [-0.05, 0) is 38.6 Å². The average molecular weight is 318 g/mol. The van der Waals surface area contributed by atoms with Crippen LogP contribution in [0.3, 0.4) is 0 Å². The number of aromatic nitrogens is 3. The number of rotatable bonds is 7. The van der Waals surface area contributed by atoms with Crippen molar-refractivity contribution in [2.24, 2.45) is 5.92 Å². The molecule has 0 aliphatic carbocycles. The van der Waals surface area contributed by atoms with Crippen LogP contribution >= 0.6 is 0 Å². The second-order valence-corrected chi connectivity index (χ2v) is 6.46. The largest absolute Gasteiger partial charge is 0.334 e. The minimum atomic E-state index is -0.176. The van der Waals surface area contributed by atoms with Gasteiger partial charge in [0.1, 0.15) is 0 Å². The molecule has 0 radical (unpaired) electrons. The van der Waals surface area contributed by atoms with E-state index in [0.29, 0.717) is 18.3 Å². The Morgan fingerprint density at radius 2 is 2.09 bits per heavy atom. The summed E-state index contributed by atoms with van der Waals surface area (Å²) in [7, 11) is 4.02. The lowest BCUT2D eigenvalue weighted by atomic mass is 10.0. The minimum Gasteiger partial charge on any atom is -0.334 e. The van der Waals surface area contributed by atoms with Crippen LogP contribution in [0.2, 0.25) is 0 Å². The molecule has 2 heterocycles. The number of nitrogens with zero attached hydrogens (tertiary/aromatic N) is 4. The summed E-state index contributed by atoms with van der Waals surface area (Å²) in [5.41, 5.74) is 0.773. The van der Waals surface area contributed by atoms with Gasteiger partial charge in [-0.25, -0.2) is 4.79 Å². The van der Waals surface area contributed by atoms with Crippen LogP contribution in [0.15, 0.2) is 24.4 Å². The number of carbonyl (C=O) groups is 1. The van der Waals surface area contributed by atoms with Crippen LogP contribution in [-0.4, -0.2) is 52.2 Å². The second kappa shape index (κ2) is 7.92. The Morgan fingerprint density at radius 1 is 1.30 bits per heavy atom. The Balaban J connectivity index is 1.90. The normalized spacial score (nSPS) is 12.8. The molecule has 0 aliphatic rings. The Kier molecular flexibility index (Phi) is 5.92. The molecule has 126 valence electrons. The van der Waals surface area contributed by atoms with Crippen LogP contribution in [0.25, 0.3) is 5.65 Å². The molecule has 23 heavy (non-hydrogen) atoms. The molecule has 7 heteroatoms. The number of urea groups is 1. The lowest BCUT2D eigenvalue weighted by Crippen LogP contribution is -2.46. The first-order chi connectivity index (χ1) is 11.0. The predicted octanol–water partition coefficient (Wildman–Crippen LogP) is 1.50. The van der Waals surface area contributed by atoms with Crippen molar-refractivity contribution in [3.05, 3.63) is 30.2 Å². The van der Waals surface area contributed by atoms with Crippen LogP contribution in [0.5, 0.6) is 0 Å². The highest BCUT2D eigenvalue weighted by Crippen LogP contribution is 2.06. The van der Waals surface area contributed by atoms with Gasteiger partial charge in [-0.15, -0.1) is 10.2 Å². The number of pyridine rings is 1. The molecule has 2 amide bonds. The number of carbonyl (C=O) groups excluding carboxylic acids is 1. The highest BCUT2D eigenvalue weighted by molar-refractivity contribution is 5.74. The standard InChI is InChI=1S/C16H26N6O/c1-12(2)9-13(11-21(3)4)18-16(23)17-10-15-20-19-14-7-5-6-8-22(14)15/h5-8,12-13H,9-11H2,1-4H3,(H2,17,18,23)/t13-/m0/s1. The van der Waals surface area contributed by atoms with Gasteiger partial charge in [0.05, 0.1) is 6.54 Å². The molecule has 0 aliphatic heterocycles. The van der Waals surface area contributed by atoms with Gasteiger partial charge in [-0.2, -0.15) is 0 Å². The highest BCUT2D eigenvalue weighted by Gasteiger charge is 2.15. The lowest BCUT2D eigenvalue weighted by Gasteiger charge is -2.24. The molecule has 2 aromatic heterocycles. The third-order valence-electron chi connectivity index (χ3n) is 3.47. The van der Waals surface area contributed by atoms with Gasteiger partial charge in [0.2, 0.25) is 0 Å². The molecule has 2 aromatic rings. The van der Waals surface area contributed by atoms with Crippen molar-refractivity contribution in [1.82, 2.24) is 30.1 Å². The number of fused-ring (bicyclic) bond motifs is 1. The molecular weight excluding hydrogens is 292 g/mol. The Labute approximate surface area is 137 Å². The fourth-order valence-electron chi connectivity index (χ4n) is 2.60. The Hall–Kier alpha value is -2.15. The van der Waals surface area contributed by atoms with Gasteiger partial charge in [0, 0.05) is 18.8 Å². The van der Waals surface area contributed by atoms with Gasteiger partial charge < -0.3 is 15.5 Å². The van der Waals surface area contributed by atoms with E-state index in [2.05, 4.69) is 39.6 Å². The van der Waals surface area contributed by atoms with Gasteiger partial charge >= 0.3 is 6.03 Å². The molecule has 7 nitrogen and oxygen atoms in total. The number of likely N-dealkylation sites (N-methyl/N-ethyl adjacent to an activating group) is 1. The number of hydrogen-bond acceptors (Lipinski definition) is 4. The SMILES string of the molecule is CC(C)C[C@@H](CN(C)C)NC(=O)NCc1nnc2ccccn12. The zero-order valence-electron chi connectivity index (χ0n) is 14.3. The van der Waals surface area contributed by atoms with Crippen molar-refractivity contribution in [2.75, 3.05) is 20.6 Å². The zero-order valence-corrected chi connectivity index (χ0v) is 14.3. The van der Waals surface area contributed by atoms with Crippen molar-refractivity contribution >= 4 is 11.7 Å². The summed E-state index contributed by atoms with van der Waals surface area (Å²) in [6.07, 6.45) is 2.83. The van der Waals surface area contributed by atoms with E-state index in [0.717, 1.165) is 18.6 Å². The maximum atomic E-state index is 12.1. The van der Waals surface area contributed by atoms with E-state index in [1.807, 2.05) is 42.9 Å². The summed E-state index contributed by atoms with van der Waals surface area (Å²) >= 11 is 0. The molecule has 0 saturated carbocycles. The fraction of sp³-hybridized carbons (Fsp3) is 0.562. The van der Waals surface area contributed by atoms with E-state index in [1.165, 1.54) is 0 Å². The smallest absolute Gasteiger partial charge is 0.315 e. The molecule has 0 aromatic carbocycles. The molecule has 1 atom stereocenters. The van der Waals surface area contributed by atoms with Crippen molar-refractivity contribution < 1.29 is 4.79 Å². The third kappa shape index (κ3) is 5.21. The number of hydrogen-bond donors (Lipinski definition) is 2. The zero-order chi connectivity index (χ0) is 16.8. The predicted molar refractivity (Wildman–Crippen MR) is 90.2 cm³/mol. The number of amides is 2. The molecule has 2 rings (SSSR count). The summed E-state index contributed by atoms with van der Waals surface area (Å²) in [4.78, 5) is 14.2. The second-order valence-electron chi connectivity index (χ2n) is 6.46. The van der Waals surface area contributed by atoms with Crippen LogP contribution < -0.4 is 10.6 Å². The summed E-state index contributed by atoms with van der Waals surface area (Å²) in [6.45, 7) is 5.47. The van der Waals surface area contributed by atoms with Crippen LogP contribution in [0, 0.1) is 5.92 Å². The average Bonchev–Trinajstić information content (AvgIpc) is 2.87. The third-order valence-corrected chi connectivity index (χ3v) is 3.47. The van der Waals surface area contributed by atoms with Crippen molar-refractivity contribution in [3.8, 4) is 0 Å². The van der Waals surface area contributed by atoms with Crippen molar-refractivity contribution in [3.63, 3.8) is 0 Å². The first-order valence-electron chi connectivity index (χ1n) is 7.93. The van der Waals surface area contributed by atoms with Gasteiger partial charge in [0.15, 0.2) is 11.5 Å². The molecule has 2 N–H and O–H groups in total. The Bertz CT molecular complexity index is 626. The summed E-state index contributed by atoms with van der Waals surface area (Å²) in [5, 5.41) is 14.1.